The topological polar surface area (TPSA) is 87.5 Å². The van der Waals surface area contributed by atoms with E-state index in [9.17, 15) is 26.7 Å². The Morgan fingerprint density at radius 2 is 1.68 bits per heavy atom. The quantitative estimate of drug-likeness (QED) is 0.441. The number of aromatic nitrogens is 2. The van der Waals surface area contributed by atoms with Crippen LogP contribution in [0.3, 0.4) is 0 Å². The first kappa shape index (κ1) is 28.8. The van der Waals surface area contributed by atoms with Crippen LogP contribution in [0.4, 0.5) is 22.0 Å². The third-order valence-electron chi connectivity index (χ3n) is 5.84. The van der Waals surface area contributed by atoms with Crippen molar-refractivity contribution in [3.8, 4) is 0 Å². The number of nitrogens with zero attached hydrogens (tertiary/aromatic N) is 3. The van der Waals surface area contributed by atoms with Gasteiger partial charge in [0, 0.05) is 38.2 Å². The maximum absolute atomic E-state index is 13.5. The number of halogens is 5. The van der Waals surface area contributed by atoms with Gasteiger partial charge in [-0.05, 0) is 37.1 Å². The van der Waals surface area contributed by atoms with Crippen molar-refractivity contribution in [1.29, 1.82) is 0 Å². The molecule has 2 N–H and O–H groups in total. The minimum Gasteiger partial charge on any atom is -0.475 e. The number of amides is 1. The predicted molar refractivity (Wildman–Crippen MR) is 128 cm³/mol. The number of fused-ring (bicyclic) bond motifs is 1. The number of nitrogens with one attached hydrogen (secondary N) is 1. The number of hydrogen-bond acceptors (Lipinski definition) is 4. The van der Waals surface area contributed by atoms with E-state index < -0.39 is 29.8 Å². The summed E-state index contributed by atoms with van der Waals surface area (Å²) in [7, 11) is 0. The summed E-state index contributed by atoms with van der Waals surface area (Å²) in [5.74, 6) is -4.28. The molecule has 3 aromatic rings. The number of carboxylic acid groups (broad SMARTS) is 1. The number of aliphatic carboxylic acids is 1. The molecule has 12 heteroatoms. The van der Waals surface area contributed by atoms with Gasteiger partial charge in [-0.1, -0.05) is 30.3 Å². The van der Waals surface area contributed by atoms with Gasteiger partial charge >= 0.3 is 12.1 Å². The van der Waals surface area contributed by atoms with E-state index in [1.807, 2.05) is 34.9 Å². The molecule has 0 fully saturated rings. The Morgan fingerprint density at radius 3 is 2.24 bits per heavy atom. The molecule has 1 aromatic heterocycles. The molecule has 1 amide bonds. The number of hydrogen-bond donors (Lipinski definition) is 2. The molecule has 1 atom stereocenters. The van der Waals surface area contributed by atoms with Crippen LogP contribution in [-0.4, -0.2) is 44.2 Å². The number of benzene rings is 2. The summed E-state index contributed by atoms with van der Waals surface area (Å²) in [5.41, 5.74) is 3.32. The summed E-state index contributed by atoms with van der Waals surface area (Å²) in [6.07, 6.45) is -2.52. The molecule has 2 heterocycles. The maximum Gasteiger partial charge on any atom is 0.490 e. The highest BCUT2D eigenvalue weighted by Gasteiger charge is 2.38. The van der Waals surface area contributed by atoms with Crippen LogP contribution in [-0.2, 0) is 29.1 Å². The van der Waals surface area contributed by atoms with Crippen molar-refractivity contribution in [2.24, 2.45) is 0 Å². The maximum atomic E-state index is 13.5. The Balaban J connectivity index is 0.000000505. The molecule has 1 aliphatic rings. The first-order valence-corrected chi connectivity index (χ1v) is 11.7. The first-order chi connectivity index (χ1) is 17.9. The first-order valence-electron chi connectivity index (χ1n) is 11.7. The van der Waals surface area contributed by atoms with Crippen LogP contribution in [0, 0.1) is 11.6 Å². The zero-order valence-corrected chi connectivity index (χ0v) is 20.7. The largest absolute Gasteiger partial charge is 0.490 e. The molecule has 0 spiro atoms. The van der Waals surface area contributed by atoms with Gasteiger partial charge in [-0.2, -0.15) is 13.2 Å². The predicted octanol–water partition coefficient (Wildman–Crippen LogP) is 4.79. The average molecular weight is 539 g/mol. The molecule has 4 rings (SSSR count). The lowest BCUT2D eigenvalue weighted by molar-refractivity contribution is -0.192. The van der Waals surface area contributed by atoms with Gasteiger partial charge in [0.2, 0.25) is 5.91 Å². The molecule has 0 radical (unpaired) electrons. The standard InChI is InChI=1S/C24H26F2N4O.C2HF3O2/c1-16(2)30-15-28-21-8-9-29(14-17-6-4-3-5-7-17)23(22(21)30)24(31)27-13-18-10-19(25)12-20(26)11-18;3-2(4,5)1(6)7/h3-7,10-12,15-16,23H,8-9,13-14H2,1-2H3,(H,27,31);(H,6,7). The minimum atomic E-state index is -5.08. The normalized spacial score (nSPS) is 15.4. The third kappa shape index (κ3) is 7.37. The van der Waals surface area contributed by atoms with Gasteiger partial charge in [0.05, 0.1) is 17.7 Å². The van der Waals surface area contributed by atoms with E-state index >= 15 is 0 Å². The SMILES string of the molecule is CC(C)n1cnc2c1C(C(=O)NCc1cc(F)cc(F)c1)N(Cc1ccccc1)CC2.O=C(O)C(F)(F)F. The van der Waals surface area contributed by atoms with Gasteiger partial charge < -0.3 is 15.0 Å². The molecular weight excluding hydrogens is 511 g/mol. The molecule has 1 unspecified atom stereocenters. The van der Waals surface area contributed by atoms with Crippen molar-refractivity contribution >= 4 is 11.9 Å². The van der Waals surface area contributed by atoms with Crippen molar-refractivity contribution in [3.63, 3.8) is 0 Å². The molecule has 1 aliphatic heterocycles. The molecule has 0 bridgehead atoms. The van der Waals surface area contributed by atoms with Crippen molar-refractivity contribution in [3.05, 3.63) is 89.0 Å². The Kier molecular flexibility index (Phi) is 9.21. The second kappa shape index (κ2) is 12.2. The fourth-order valence-electron chi connectivity index (χ4n) is 4.14. The van der Waals surface area contributed by atoms with Crippen molar-refractivity contribution in [1.82, 2.24) is 19.8 Å². The molecule has 0 saturated heterocycles. The summed E-state index contributed by atoms with van der Waals surface area (Å²) in [6, 6.07) is 12.9. The Bertz CT molecular complexity index is 1240. The van der Waals surface area contributed by atoms with Gasteiger partial charge in [0.15, 0.2) is 0 Å². The van der Waals surface area contributed by atoms with Crippen LogP contribution in [0.1, 0.15) is 48.4 Å². The van der Waals surface area contributed by atoms with Crippen LogP contribution in [0.2, 0.25) is 0 Å². The van der Waals surface area contributed by atoms with Gasteiger partial charge in [-0.15, -0.1) is 0 Å². The van der Waals surface area contributed by atoms with Crippen LogP contribution in [0.15, 0.2) is 54.9 Å². The van der Waals surface area contributed by atoms with Crippen molar-refractivity contribution in [2.45, 2.75) is 51.6 Å². The van der Waals surface area contributed by atoms with E-state index in [-0.39, 0.29) is 18.5 Å². The molecule has 38 heavy (non-hydrogen) atoms. The highest BCUT2D eigenvalue weighted by atomic mass is 19.4. The molecule has 2 aromatic carbocycles. The number of carboxylic acids is 1. The Hall–Kier alpha value is -3.80. The van der Waals surface area contributed by atoms with Gasteiger partial charge in [0.25, 0.3) is 0 Å². The average Bonchev–Trinajstić information content (AvgIpc) is 3.27. The van der Waals surface area contributed by atoms with Crippen LogP contribution >= 0.6 is 0 Å². The lowest BCUT2D eigenvalue weighted by atomic mass is 9.99. The number of alkyl halides is 3. The summed E-state index contributed by atoms with van der Waals surface area (Å²) in [4.78, 5) is 29.0. The second-order valence-electron chi connectivity index (χ2n) is 8.98. The van der Waals surface area contributed by atoms with Crippen LogP contribution in [0.5, 0.6) is 0 Å². The summed E-state index contributed by atoms with van der Waals surface area (Å²) < 4.78 is 60.8. The Labute approximate surface area is 215 Å². The highest BCUT2D eigenvalue weighted by molar-refractivity contribution is 5.83. The van der Waals surface area contributed by atoms with Crippen LogP contribution in [0.25, 0.3) is 0 Å². The molecule has 7 nitrogen and oxygen atoms in total. The van der Waals surface area contributed by atoms with E-state index in [4.69, 9.17) is 9.90 Å². The van der Waals surface area contributed by atoms with Gasteiger partial charge in [0.1, 0.15) is 17.7 Å². The molecule has 0 aliphatic carbocycles. The van der Waals surface area contributed by atoms with Gasteiger partial charge in [-0.25, -0.2) is 18.6 Å². The smallest absolute Gasteiger partial charge is 0.475 e. The molecule has 0 saturated carbocycles. The van der Waals surface area contributed by atoms with Gasteiger partial charge in [-0.3, -0.25) is 9.69 Å². The fraction of sp³-hybridized carbons (Fsp3) is 0.346. The fourth-order valence-corrected chi connectivity index (χ4v) is 4.14. The third-order valence-corrected chi connectivity index (χ3v) is 5.84. The highest BCUT2D eigenvalue weighted by Crippen LogP contribution is 2.32. The number of imidazole rings is 1. The summed E-state index contributed by atoms with van der Waals surface area (Å²) >= 11 is 0. The zero-order valence-electron chi connectivity index (χ0n) is 20.7. The van der Waals surface area contributed by atoms with Crippen LogP contribution < -0.4 is 5.32 Å². The van der Waals surface area contributed by atoms with E-state index in [1.54, 1.807) is 6.33 Å². The zero-order chi connectivity index (χ0) is 28.0. The lowest BCUT2D eigenvalue weighted by Crippen LogP contribution is -2.45. The van der Waals surface area contributed by atoms with E-state index in [2.05, 4.69) is 29.0 Å². The van der Waals surface area contributed by atoms with Crippen molar-refractivity contribution in [2.75, 3.05) is 6.54 Å². The van der Waals surface area contributed by atoms with E-state index in [0.29, 0.717) is 18.7 Å². The summed E-state index contributed by atoms with van der Waals surface area (Å²) in [5, 5.41) is 10.0. The van der Waals surface area contributed by atoms with E-state index in [1.165, 1.54) is 12.1 Å². The lowest BCUT2D eigenvalue weighted by Gasteiger charge is -2.36. The monoisotopic (exact) mass is 538 g/mol. The van der Waals surface area contributed by atoms with Crippen molar-refractivity contribution < 1.29 is 36.6 Å². The Morgan fingerprint density at radius 1 is 1.08 bits per heavy atom. The number of carbonyl (C=O) groups is 2. The minimum absolute atomic E-state index is 0.0499. The molecule has 204 valence electrons. The molecular formula is C26H27F5N4O3. The second-order valence-corrected chi connectivity index (χ2v) is 8.98. The summed E-state index contributed by atoms with van der Waals surface area (Å²) in [6.45, 7) is 5.49. The number of rotatable bonds is 6. The number of carbonyl (C=O) groups excluding carboxylic acids is 1. The van der Waals surface area contributed by atoms with E-state index in [0.717, 1.165) is 29.4 Å².